The van der Waals surface area contributed by atoms with Crippen LogP contribution < -0.4 is 11.5 Å². The number of methoxy groups -OCH3 is 1. The van der Waals surface area contributed by atoms with E-state index in [1.165, 1.54) is 0 Å². The molecule has 0 aliphatic rings. The Morgan fingerprint density at radius 2 is 1.94 bits per heavy atom. The van der Waals surface area contributed by atoms with Crippen LogP contribution in [0.15, 0.2) is 0 Å². The molecule has 16 heavy (non-hydrogen) atoms. The minimum Gasteiger partial charge on any atom is -0.383 e. The van der Waals surface area contributed by atoms with Crippen molar-refractivity contribution < 1.29 is 14.3 Å². The van der Waals surface area contributed by atoms with Crippen molar-refractivity contribution in [3.05, 3.63) is 0 Å². The largest absolute Gasteiger partial charge is 0.383 e. The fraction of sp³-hybridized carbons (Fsp3) is 0.800. The van der Waals surface area contributed by atoms with Gasteiger partial charge in [0, 0.05) is 19.7 Å². The van der Waals surface area contributed by atoms with Crippen molar-refractivity contribution >= 4 is 11.8 Å². The second kappa shape index (κ2) is 7.19. The molecule has 0 saturated carbocycles. The molecule has 0 spiro atoms. The maximum Gasteiger partial charge on any atom is 0.240 e. The first-order valence-electron chi connectivity index (χ1n) is 5.23. The zero-order valence-electron chi connectivity index (χ0n) is 10.1. The molecule has 1 unspecified atom stereocenters. The number of carbonyl (C=O) groups is 2. The van der Waals surface area contributed by atoms with Crippen molar-refractivity contribution in [1.29, 1.82) is 0 Å². The number of carbonyl (C=O) groups excluding carboxylic acids is 2. The van der Waals surface area contributed by atoms with Crippen LogP contribution in [0.1, 0.15) is 20.3 Å². The first-order chi connectivity index (χ1) is 7.40. The fourth-order valence-electron chi connectivity index (χ4n) is 1.33. The summed E-state index contributed by atoms with van der Waals surface area (Å²) in [6, 6.07) is -0.849. The van der Waals surface area contributed by atoms with Gasteiger partial charge in [-0.3, -0.25) is 9.59 Å². The summed E-state index contributed by atoms with van der Waals surface area (Å²) in [7, 11) is 1.56. The van der Waals surface area contributed by atoms with Gasteiger partial charge < -0.3 is 21.1 Å². The Kier molecular flexibility index (Phi) is 6.67. The van der Waals surface area contributed by atoms with Crippen molar-refractivity contribution in [2.75, 3.05) is 20.3 Å². The highest BCUT2D eigenvalue weighted by molar-refractivity contribution is 5.87. The van der Waals surface area contributed by atoms with Crippen molar-refractivity contribution in [2.24, 2.45) is 11.5 Å². The van der Waals surface area contributed by atoms with Crippen LogP contribution in [0.2, 0.25) is 0 Å². The van der Waals surface area contributed by atoms with Crippen LogP contribution >= 0.6 is 0 Å². The van der Waals surface area contributed by atoms with Crippen molar-refractivity contribution in [2.45, 2.75) is 32.4 Å². The van der Waals surface area contributed by atoms with E-state index in [1.54, 1.807) is 12.0 Å². The molecule has 0 saturated heterocycles. The second-order valence-electron chi connectivity index (χ2n) is 3.90. The Hall–Kier alpha value is -1.14. The molecule has 0 aromatic carbocycles. The lowest BCUT2D eigenvalue weighted by molar-refractivity contribution is -0.136. The Labute approximate surface area is 95.9 Å². The molecule has 1 atom stereocenters. The van der Waals surface area contributed by atoms with Crippen LogP contribution in [-0.2, 0) is 14.3 Å². The summed E-state index contributed by atoms with van der Waals surface area (Å²) in [5, 5.41) is 0. The molecule has 0 radical (unpaired) electrons. The van der Waals surface area contributed by atoms with E-state index in [0.29, 0.717) is 13.2 Å². The summed E-state index contributed by atoms with van der Waals surface area (Å²) in [4.78, 5) is 24.1. The lowest BCUT2D eigenvalue weighted by Crippen LogP contribution is -2.49. The number of amides is 2. The van der Waals surface area contributed by atoms with Gasteiger partial charge in [0.15, 0.2) is 0 Å². The smallest absolute Gasteiger partial charge is 0.240 e. The lowest BCUT2D eigenvalue weighted by atomic mass is 10.1. The van der Waals surface area contributed by atoms with Crippen molar-refractivity contribution in [1.82, 2.24) is 4.90 Å². The number of ether oxygens (including phenoxy) is 1. The Bertz CT molecular complexity index is 243. The Balaban J connectivity index is 4.41. The molecule has 0 fully saturated rings. The molecule has 0 aromatic heterocycles. The van der Waals surface area contributed by atoms with E-state index >= 15 is 0 Å². The van der Waals surface area contributed by atoms with Crippen LogP contribution in [0.3, 0.4) is 0 Å². The maximum atomic E-state index is 11.9. The van der Waals surface area contributed by atoms with Gasteiger partial charge in [-0.05, 0) is 13.8 Å². The van der Waals surface area contributed by atoms with Gasteiger partial charge in [0.2, 0.25) is 11.8 Å². The number of hydrogen-bond acceptors (Lipinski definition) is 4. The summed E-state index contributed by atoms with van der Waals surface area (Å²) in [5.41, 5.74) is 10.6. The molecule has 0 rings (SSSR count). The summed E-state index contributed by atoms with van der Waals surface area (Å²) in [6.07, 6.45) is -0.130. The van der Waals surface area contributed by atoms with E-state index in [1.807, 2.05) is 13.8 Å². The number of hydrogen-bond donors (Lipinski definition) is 2. The molecule has 0 bridgehead atoms. The van der Waals surface area contributed by atoms with Crippen LogP contribution in [0.25, 0.3) is 0 Å². The van der Waals surface area contributed by atoms with E-state index in [4.69, 9.17) is 16.2 Å². The number of nitrogens with zero attached hydrogens (tertiary/aromatic N) is 1. The molecular formula is C10H21N3O3. The van der Waals surface area contributed by atoms with Crippen LogP contribution in [0.4, 0.5) is 0 Å². The second-order valence-corrected chi connectivity index (χ2v) is 3.90. The standard InChI is InChI=1S/C10H21N3O3/c1-7(2)13(4-5-16-3)10(15)8(11)6-9(12)14/h7-8H,4-6,11H2,1-3H3,(H2,12,14). The maximum absolute atomic E-state index is 11.9. The van der Waals surface area contributed by atoms with Gasteiger partial charge in [0.05, 0.1) is 19.1 Å². The third-order valence-corrected chi connectivity index (χ3v) is 2.18. The third kappa shape index (κ3) is 5.09. The van der Waals surface area contributed by atoms with E-state index in [9.17, 15) is 9.59 Å². The van der Waals surface area contributed by atoms with E-state index in [2.05, 4.69) is 0 Å². The van der Waals surface area contributed by atoms with Gasteiger partial charge >= 0.3 is 0 Å². The van der Waals surface area contributed by atoms with Gasteiger partial charge in [-0.15, -0.1) is 0 Å². The predicted octanol–water partition coefficient (Wildman–Crippen LogP) is -0.927. The zero-order chi connectivity index (χ0) is 12.7. The fourth-order valence-corrected chi connectivity index (χ4v) is 1.33. The van der Waals surface area contributed by atoms with Gasteiger partial charge in [0.25, 0.3) is 0 Å². The lowest BCUT2D eigenvalue weighted by Gasteiger charge is -2.28. The van der Waals surface area contributed by atoms with E-state index < -0.39 is 11.9 Å². The molecular weight excluding hydrogens is 210 g/mol. The average Bonchev–Trinajstić information content (AvgIpc) is 2.16. The monoisotopic (exact) mass is 231 g/mol. The molecule has 0 heterocycles. The number of primary amides is 1. The molecule has 4 N–H and O–H groups in total. The summed E-state index contributed by atoms with van der Waals surface area (Å²) in [6.45, 7) is 4.65. The van der Waals surface area contributed by atoms with E-state index in [-0.39, 0.29) is 18.4 Å². The van der Waals surface area contributed by atoms with Gasteiger partial charge in [-0.1, -0.05) is 0 Å². The van der Waals surface area contributed by atoms with Crippen LogP contribution in [-0.4, -0.2) is 49.1 Å². The molecule has 0 aliphatic carbocycles. The molecule has 2 amide bonds. The first-order valence-corrected chi connectivity index (χ1v) is 5.23. The Morgan fingerprint density at radius 3 is 2.31 bits per heavy atom. The summed E-state index contributed by atoms with van der Waals surface area (Å²) < 4.78 is 4.91. The molecule has 0 aliphatic heterocycles. The van der Waals surface area contributed by atoms with E-state index in [0.717, 1.165) is 0 Å². The predicted molar refractivity (Wildman–Crippen MR) is 60.5 cm³/mol. The minimum atomic E-state index is -0.864. The highest BCUT2D eigenvalue weighted by Crippen LogP contribution is 2.03. The Morgan fingerprint density at radius 1 is 1.38 bits per heavy atom. The molecule has 6 heteroatoms. The normalized spacial score (nSPS) is 12.6. The topological polar surface area (TPSA) is 98.7 Å². The summed E-state index contributed by atoms with van der Waals surface area (Å²) >= 11 is 0. The van der Waals surface area contributed by atoms with Crippen LogP contribution in [0.5, 0.6) is 0 Å². The number of rotatable bonds is 7. The number of nitrogens with two attached hydrogens (primary N) is 2. The summed E-state index contributed by atoms with van der Waals surface area (Å²) in [5.74, 6) is -0.845. The van der Waals surface area contributed by atoms with Crippen molar-refractivity contribution in [3.63, 3.8) is 0 Å². The molecule has 6 nitrogen and oxygen atoms in total. The molecule has 0 aromatic rings. The van der Waals surface area contributed by atoms with Gasteiger partial charge in [0.1, 0.15) is 0 Å². The minimum absolute atomic E-state index is 0.0153. The highest BCUT2D eigenvalue weighted by Gasteiger charge is 2.24. The molecule has 94 valence electrons. The van der Waals surface area contributed by atoms with Crippen molar-refractivity contribution in [3.8, 4) is 0 Å². The quantitative estimate of drug-likeness (QED) is 0.591. The highest BCUT2D eigenvalue weighted by atomic mass is 16.5. The van der Waals surface area contributed by atoms with Gasteiger partial charge in [-0.25, -0.2) is 0 Å². The van der Waals surface area contributed by atoms with Crippen LogP contribution in [0, 0.1) is 0 Å². The first kappa shape index (κ1) is 14.9. The third-order valence-electron chi connectivity index (χ3n) is 2.18. The zero-order valence-corrected chi connectivity index (χ0v) is 10.1. The SMILES string of the molecule is COCCN(C(=O)C(N)CC(N)=O)C(C)C. The van der Waals surface area contributed by atoms with Gasteiger partial charge in [-0.2, -0.15) is 0 Å². The average molecular weight is 231 g/mol.